The molecule has 0 radical (unpaired) electrons. The van der Waals surface area contributed by atoms with Crippen LogP contribution in [-0.2, 0) is 9.09 Å². The molecule has 0 aromatic heterocycles. The van der Waals surface area contributed by atoms with E-state index < -0.39 is 13.5 Å². The van der Waals surface area contributed by atoms with Gasteiger partial charge in [0.2, 0.25) is 0 Å². The van der Waals surface area contributed by atoms with Crippen LogP contribution in [0.2, 0.25) is 0 Å². The van der Waals surface area contributed by atoms with Gasteiger partial charge in [-0.15, -0.1) is 0 Å². The summed E-state index contributed by atoms with van der Waals surface area (Å²) in [5.74, 6) is -1.76. The average molecular weight is 139 g/mol. The lowest BCUT2D eigenvalue weighted by Crippen LogP contribution is -2.06. The Morgan fingerprint density at radius 2 is 2.50 bits per heavy atom. The normalized spacial score (nSPS) is 47.5. The highest BCUT2D eigenvalue weighted by molar-refractivity contribution is 7.52. The van der Waals surface area contributed by atoms with Crippen LogP contribution in [0.15, 0.2) is 0 Å². The first-order valence-corrected chi connectivity index (χ1v) is 3.83. The fraction of sp³-hybridized carbons (Fsp3) is 1.00. The first kappa shape index (κ1) is 6.20. The van der Waals surface area contributed by atoms with Gasteiger partial charge in [0.05, 0.1) is 6.61 Å². The quantitative estimate of drug-likeness (QED) is 0.452. The summed E-state index contributed by atoms with van der Waals surface area (Å²) in [7, 11) is -4.05. The zero-order chi connectivity index (χ0) is 6.20. The second-order valence-electron chi connectivity index (χ2n) is 1.60. The molecule has 8 heavy (non-hydrogen) atoms. The van der Waals surface area contributed by atoms with Gasteiger partial charge in [-0.3, -0.25) is 0 Å². The Morgan fingerprint density at radius 1 is 1.88 bits per heavy atom. The topological polar surface area (TPSA) is 49.4 Å². The fourth-order valence-corrected chi connectivity index (χ4v) is 1.46. The van der Waals surface area contributed by atoms with Gasteiger partial charge in [-0.05, 0) is 0 Å². The molecule has 0 amide bonds. The Kier molecular flexibility index (Phi) is 1.39. The molecule has 0 N–H and O–H groups in total. The maximum Gasteiger partial charge on any atom is 0.169 e. The molecular formula is C3H5FO3P-. The summed E-state index contributed by atoms with van der Waals surface area (Å²) in [6, 6.07) is 0. The molecule has 1 rings (SSSR count). The molecule has 1 heterocycles. The molecule has 5 heteroatoms. The predicted molar refractivity (Wildman–Crippen MR) is 23.1 cm³/mol. The van der Waals surface area contributed by atoms with Crippen molar-refractivity contribution < 1.29 is 18.4 Å². The molecule has 2 unspecified atom stereocenters. The first-order valence-electron chi connectivity index (χ1n) is 2.22. The first-order chi connectivity index (χ1) is 3.63. The fourth-order valence-electron chi connectivity index (χ4n) is 0.516. The van der Waals surface area contributed by atoms with Gasteiger partial charge in [-0.1, -0.05) is 0 Å². The highest BCUT2D eigenvalue weighted by Gasteiger charge is 2.28. The van der Waals surface area contributed by atoms with E-state index in [9.17, 15) is 13.8 Å². The SMILES string of the molecule is O=P1([O-])OCCC1F. The van der Waals surface area contributed by atoms with E-state index in [1.807, 2.05) is 0 Å². The summed E-state index contributed by atoms with van der Waals surface area (Å²) in [4.78, 5) is 10.2. The van der Waals surface area contributed by atoms with Gasteiger partial charge >= 0.3 is 0 Å². The van der Waals surface area contributed by atoms with Crippen molar-refractivity contribution in [3.8, 4) is 0 Å². The van der Waals surface area contributed by atoms with Crippen LogP contribution in [0.3, 0.4) is 0 Å². The molecule has 2 atom stereocenters. The number of alkyl halides is 1. The largest absolute Gasteiger partial charge is 0.776 e. The molecule has 1 saturated heterocycles. The number of hydrogen-bond donors (Lipinski definition) is 0. The minimum absolute atomic E-state index is 0.00193. The lowest BCUT2D eigenvalue weighted by molar-refractivity contribution is -0.198. The van der Waals surface area contributed by atoms with Crippen LogP contribution in [0.4, 0.5) is 4.39 Å². The molecule has 0 saturated carbocycles. The Morgan fingerprint density at radius 3 is 2.62 bits per heavy atom. The molecule has 3 nitrogen and oxygen atoms in total. The number of rotatable bonds is 0. The van der Waals surface area contributed by atoms with Crippen molar-refractivity contribution in [3.63, 3.8) is 0 Å². The van der Waals surface area contributed by atoms with E-state index in [2.05, 4.69) is 4.52 Å². The maximum absolute atomic E-state index is 12.0. The van der Waals surface area contributed by atoms with Gasteiger partial charge in [-0.2, -0.15) is 0 Å². The van der Waals surface area contributed by atoms with E-state index in [0.717, 1.165) is 0 Å². The van der Waals surface area contributed by atoms with Crippen molar-refractivity contribution in [2.24, 2.45) is 0 Å². The van der Waals surface area contributed by atoms with E-state index in [-0.39, 0.29) is 13.0 Å². The third-order valence-corrected chi connectivity index (χ3v) is 2.46. The molecular weight excluding hydrogens is 134 g/mol. The second kappa shape index (κ2) is 1.79. The Balaban J connectivity index is 2.69. The van der Waals surface area contributed by atoms with E-state index in [1.54, 1.807) is 0 Å². The third-order valence-electron chi connectivity index (χ3n) is 0.970. The molecule has 0 aromatic rings. The van der Waals surface area contributed by atoms with E-state index >= 15 is 0 Å². The van der Waals surface area contributed by atoms with E-state index in [1.165, 1.54) is 0 Å². The van der Waals surface area contributed by atoms with Crippen molar-refractivity contribution in [1.82, 2.24) is 0 Å². The average Bonchev–Trinajstić information content (AvgIpc) is 1.86. The second-order valence-corrected chi connectivity index (χ2v) is 3.49. The molecule has 1 fully saturated rings. The molecule has 0 aromatic carbocycles. The van der Waals surface area contributed by atoms with Crippen molar-refractivity contribution in [1.29, 1.82) is 0 Å². The number of halogens is 1. The summed E-state index contributed by atoms with van der Waals surface area (Å²) >= 11 is 0. The van der Waals surface area contributed by atoms with Crippen LogP contribution in [-0.4, -0.2) is 12.5 Å². The van der Waals surface area contributed by atoms with Crippen LogP contribution in [0.1, 0.15) is 6.42 Å². The Labute approximate surface area is 46.0 Å². The van der Waals surface area contributed by atoms with E-state index in [4.69, 9.17) is 0 Å². The third kappa shape index (κ3) is 0.917. The summed E-state index contributed by atoms with van der Waals surface area (Å²) in [6.07, 6.45) is -0.0131. The van der Waals surface area contributed by atoms with Crippen molar-refractivity contribution in [2.75, 3.05) is 6.61 Å². The van der Waals surface area contributed by atoms with Crippen LogP contribution < -0.4 is 4.89 Å². The monoisotopic (exact) mass is 139 g/mol. The summed E-state index contributed by atoms with van der Waals surface area (Å²) in [5, 5.41) is 0. The van der Waals surface area contributed by atoms with Crippen molar-refractivity contribution >= 4 is 7.60 Å². The minimum Gasteiger partial charge on any atom is -0.776 e. The van der Waals surface area contributed by atoms with Gasteiger partial charge < -0.3 is 14.0 Å². The van der Waals surface area contributed by atoms with Gasteiger partial charge in [0.25, 0.3) is 0 Å². The minimum atomic E-state index is -4.05. The molecule has 48 valence electrons. The lowest BCUT2D eigenvalue weighted by atomic mass is 10.5. The molecule has 0 aliphatic carbocycles. The summed E-state index contributed by atoms with van der Waals surface area (Å²) < 4.78 is 26.3. The van der Waals surface area contributed by atoms with Crippen LogP contribution >= 0.6 is 7.60 Å². The van der Waals surface area contributed by atoms with Crippen LogP contribution in [0, 0.1) is 0 Å². The van der Waals surface area contributed by atoms with Gasteiger partial charge in [0.1, 0.15) is 0 Å². The highest BCUT2D eigenvalue weighted by atomic mass is 31.2. The predicted octanol–water partition coefficient (Wildman–Crippen LogP) is 0.256. The molecule has 0 spiro atoms. The molecule has 1 aliphatic heterocycles. The zero-order valence-corrected chi connectivity index (χ0v) is 4.94. The molecule has 1 aliphatic rings. The van der Waals surface area contributed by atoms with Crippen LogP contribution in [0.25, 0.3) is 0 Å². The highest BCUT2D eigenvalue weighted by Crippen LogP contribution is 2.50. The Bertz CT molecular complexity index is 136. The summed E-state index contributed by atoms with van der Waals surface area (Å²) in [6.45, 7) is 0.00193. The van der Waals surface area contributed by atoms with E-state index in [0.29, 0.717) is 0 Å². The zero-order valence-electron chi connectivity index (χ0n) is 4.04. The van der Waals surface area contributed by atoms with Crippen LogP contribution in [0.5, 0.6) is 0 Å². The number of hydrogen-bond acceptors (Lipinski definition) is 3. The molecule has 0 bridgehead atoms. The smallest absolute Gasteiger partial charge is 0.169 e. The van der Waals surface area contributed by atoms with Gasteiger partial charge in [0, 0.05) is 6.42 Å². The summed E-state index contributed by atoms with van der Waals surface area (Å²) in [5.41, 5.74) is 0. The van der Waals surface area contributed by atoms with Gasteiger partial charge in [0.15, 0.2) is 13.5 Å². The Hall–Kier alpha value is 0.0800. The van der Waals surface area contributed by atoms with Gasteiger partial charge in [-0.25, -0.2) is 4.39 Å². The van der Waals surface area contributed by atoms with Crippen molar-refractivity contribution in [2.45, 2.75) is 12.3 Å². The standard InChI is InChI=1S/C3H6FO3P/c4-3-1-2-7-8(3,5)6/h3H,1-2H2,(H,5,6)/p-1. The lowest BCUT2D eigenvalue weighted by Gasteiger charge is -2.16. The maximum atomic E-state index is 12.0. The van der Waals surface area contributed by atoms with Crippen molar-refractivity contribution in [3.05, 3.63) is 0 Å².